The normalized spacial score (nSPS) is 12.9. The molecule has 0 bridgehead atoms. The largest absolute Gasteiger partial charge is 0.386 e. The SMILES string of the molecule is CC(C)(O)c1cc(F)c(S(C)(=O)=O)c(Cl)c1. The lowest BCUT2D eigenvalue weighted by molar-refractivity contribution is 0.0781. The van der Waals surface area contributed by atoms with Crippen LogP contribution in [0.4, 0.5) is 4.39 Å². The first-order chi connectivity index (χ1) is 7.03. The molecule has 0 aliphatic rings. The van der Waals surface area contributed by atoms with E-state index in [4.69, 9.17) is 11.6 Å². The van der Waals surface area contributed by atoms with Gasteiger partial charge in [0, 0.05) is 6.26 Å². The standard InChI is InChI=1S/C10H12ClFO3S/c1-10(2,13)6-4-7(11)9(8(12)5-6)16(3,14)15/h4-5,13H,1-3H3. The third kappa shape index (κ3) is 2.72. The predicted molar refractivity (Wildman–Crippen MR) is 59.8 cm³/mol. The van der Waals surface area contributed by atoms with E-state index in [0.717, 1.165) is 12.3 Å². The molecule has 0 fully saturated rings. The Hall–Kier alpha value is -0.650. The molecule has 0 spiro atoms. The second kappa shape index (κ2) is 3.98. The van der Waals surface area contributed by atoms with E-state index in [1.54, 1.807) is 0 Å². The van der Waals surface area contributed by atoms with E-state index in [0.29, 0.717) is 0 Å². The molecule has 0 heterocycles. The maximum Gasteiger partial charge on any atom is 0.179 e. The molecule has 0 aromatic heterocycles. The fraction of sp³-hybridized carbons (Fsp3) is 0.400. The van der Waals surface area contributed by atoms with Gasteiger partial charge in [0.1, 0.15) is 10.7 Å². The van der Waals surface area contributed by atoms with Crippen LogP contribution >= 0.6 is 11.6 Å². The highest BCUT2D eigenvalue weighted by molar-refractivity contribution is 7.90. The fourth-order valence-electron chi connectivity index (χ4n) is 1.27. The average Bonchev–Trinajstić information content (AvgIpc) is 1.97. The van der Waals surface area contributed by atoms with E-state index in [1.807, 2.05) is 0 Å². The molecule has 1 rings (SSSR count). The van der Waals surface area contributed by atoms with Crippen LogP contribution in [0.3, 0.4) is 0 Å². The van der Waals surface area contributed by atoms with Gasteiger partial charge in [-0.2, -0.15) is 0 Å². The minimum absolute atomic E-state index is 0.223. The molecule has 0 unspecified atom stereocenters. The maximum absolute atomic E-state index is 13.6. The lowest BCUT2D eigenvalue weighted by Crippen LogP contribution is -2.16. The molecule has 3 nitrogen and oxygen atoms in total. The van der Waals surface area contributed by atoms with Crippen molar-refractivity contribution in [1.29, 1.82) is 0 Å². The van der Waals surface area contributed by atoms with E-state index >= 15 is 0 Å². The van der Waals surface area contributed by atoms with Crippen molar-refractivity contribution in [2.75, 3.05) is 6.26 Å². The van der Waals surface area contributed by atoms with E-state index in [2.05, 4.69) is 0 Å². The highest BCUT2D eigenvalue weighted by atomic mass is 35.5. The first-order valence-corrected chi connectivity index (χ1v) is 6.72. The third-order valence-electron chi connectivity index (χ3n) is 2.08. The van der Waals surface area contributed by atoms with Gasteiger partial charge >= 0.3 is 0 Å². The Morgan fingerprint density at radius 2 is 1.88 bits per heavy atom. The minimum Gasteiger partial charge on any atom is -0.386 e. The highest BCUT2D eigenvalue weighted by Gasteiger charge is 2.24. The molecule has 0 atom stereocenters. The first-order valence-electron chi connectivity index (χ1n) is 4.45. The molecule has 1 N–H and O–H groups in total. The summed E-state index contributed by atoms with van der Waals surface area (Å²) in [5, 5.41) is 9.43. The summed E-state index contributed by atoms with van der Waals surface area (Å²) in [5.41, 5.74) is -1.05. The topological polar surface area (TPSA) is 54.4 Å². The summed E-state index contributed by atoms with van der Waals surface area (Å²) in [6.07, 6.45) is 0.876. The number of rotatable bonds is 2. The van der Waals surface area contributed by atoms with E-state index < -0.39 is 26.2 Å². The molecule has 90 valence electrons. The number of halogens is 2. The molecule has 0 aliphatic heterocycles. The van der Waals surface area contributed by atoms with Crippen molar-refractivity contribution in [1.82, 2.24) is 0 Å². The average molecular weight is 267 g/mol. The Balaban J connectivity index is 3.53. The summed E-state index contributed by atoms with van der Waals surface area (Å²) < 4.78 is 36.1. The highest BCUT2D eigenvalue weighted by Crippen LogP contribution is 2.30. The summed E-state index contributed by atoms with van der Waals surface area (Å²) in [5.74, 6) is -0.952. The van der Waals surface area contributed by atoms with Gasteiger partial charge in [-0.3, -0.25) is 0 Å². The lowest BCUT2D eigenvalue weighted by Gasteiger charge is -2.19. The Morgan fingerprint density at radius 1 is 1.38 bits per heavy atom. The summed E-state index contributed by atoms with van der Waals surface area (Å²) >= 11 is 5.70. The van der Waals surface area contributed by atoms with Crippen molar-refractivity contribution in [2.24, 2.45) is 0 Å². The van der Waals surface area contributed by atoms with Gasteiger partial charge in [0.25, 0.3) is 0 Å². The van der Waals surface area contributed by atoms with Crippen molar-refractivity contribution < 1.29 is 17.9 Å². The Morgan fingerprint density at radius 3 is 2.19 bits per heavy atom. The van der Waals surface area contributed by atoms with Crippen LogP contribution in [0.2, 0.25) is 5.02 Å². The predicted octanol–water partition coefficient (Wildman–Crippen LogP) is 2.11. The van der Waals surface area contributed by atoms with E-state index in [-0.39, 0.29) is 10.6 Å². The molecule has 0 saturated carbocycles. The summed E-state index contributed by atoms with van der Waals surface area (Å²) in [4.78, 5) is -0.540. The van der Waals surface area contributed by atoms with Crippen molar-refractivity contribution in [3.8, 4) is 0 Å². The molecule has 0 saturated heterocycles. The second-order valence-corrected chi connectivity index (χ2v) is 6.46. The van der Waals surface area contributed by atoms with Crippen LogP contribution in [0.25, 0.3) is 0 Å². The second-order valence-electron chi connectivity index (χ2n) is 4.10. The van der Waals surface area contributed by atoms with Gasteiger partial charge in [-0.25, -0.2) is 12.8 Å². The number of hydrogen-bond acceptors (Lipinski definition) is 3. The number of benzene rings is 1. The quantitative estimate of drug-likeness (QED) is 0.892. The van der Waals surface area contributed by atoms with Crippen molar-refractivity contribution >= 4 is 21.4 Å². The Bertz CT molecular complexity index is 494. The molecule has 0 amide bonds. The fourth-order valence-corrected chi connectivity index (χ4v) is 2.72. The summed E-state index contributed by atoms with van der Waals surface area (Å²) in [6.45, 7) is 2.91. The number of sulfone groups is 1. The zero-order valence-electron chi connectivity index (χ0n) is 9.08. The van der Waals surface area contributed by atoms with Gasteiger partial charge in [0.15, 0.2) is 9.84 Å². The zero-order chi connectivity index (χ0) is 12.7. The van der Waals surface area contributed by atoms with Gasteiger partial charge < -0.3 is 5.11 Å². The molecule has 1 aromatic carbocycles. The van der Waals surface area contributed by atoms with Crippen molar-refractivity contribution in [2.45, 2.75) is 24.3 Å². The van der Waals surface area contributed by atoms with Crippen LogP contribution in [0, 0.1) is 5.82 Å². The van der Waals surface area contributed by atoms with Gasteiger partial charge in [0.2, 0.25) is 0 Å². The van der Waals surface area contributed by atoms with Crippen LogP contribution in [0.5, 0.6) is 0 Å². The molecule has 0 radical (unpaired) electrons. The third-order valence-corrected chi connectivity index (χ3v) is 3.64. The number of aliphatic hydroxyl groups is 1. The van der Waals surface area contributed by atoms with Crippen LogP contribution in [-0.4, -0.2) is 19.8 Å². The Labute approximate surface area is 98.8 Å². The first kappa shape index (κ1) is 13.4. The van der Waals surface area contributed by atoms with Crippen LogP contribution < -0.4 is 0 Å². The van der Waals surface area contributed by atoms with Crippen LogP contribution in [0.15, 0.2) is 17.0 Å². The maximum atomic E-state index is 13.6. The minimum atomic E-state index is -3.71. The molecular weight excluding hydrogens is 255 g/mol. The molecule has 1 aromatic rings. The zero-order valence-corrected chi connectivity index (χ0v) is 10.7. The van der Waals surface area contributed by atoms with E-state index in [9.17, 15) is 17.9 Å². The van der Waals surface area contributed by atoms with Crippen LogP contribution in [0.1, 0.15) is 19.4 Å². The van der Waals surface area contributed by atoms with Gasteiger partial charge in [-0.05, 0) is 31.5 Å². The van der Waals surface area contributed by atoms with Crippen molar-refractivity contribution in [3.05, 3.63) is 28.5 Å². The van der Waals surface area contributed by atoms with Gasteiger partial charge in [-0.1, -0.05) is 11.6 Å². The summed E-state index contributed by atoms with van der Waals surface area (Å²) in [6, 6.07) is 2.23. The van der Waals surface area contributed by atoms with Gasteiger partial charge in [-0.15, -0.1) is 0 Å². The van der Waals surface area contributed by atoms with Crippen molar-refractivity contribution in [3.63, 3.8) is 0 Å². The van der Waals surface area contributed by atoms with Crippen LogP contribution in [-0.2, 0) is 15.4 Å². The smallest absolute Gasteiger partial charge is 0.179 e. The molecular formula is C10H12ClFO3S. The molecule has 16 heavy (non-hydrogen) atoms. The molecule has 0 aliphatic carbocycles. The summed E-state index contributed by atoms with van der Waals surface area (Å²) in [7, 11) is -3.71. The Kier molecular flexibility index (Phi) is 3.34. The monoisotopic (exact) mass is 266 g/mol. The van der Waals surface area contributed by atoms with Gasteiger partial charge in [0.05, 0.1) is 10.6 Å². The van der Waals surface area contributed by atoms with E-state index in [1.165, 1.54) is 19.9 Å². The number of hydrogen-bond donors (Lipinski definition) is 1. The lowest BCUT2D eigenvalue weighted by atomic mass is 9.98. The molecule has 6 heteroatoms.